The Hall–Kier alpha value is -2.83. The van der Waals surface area contributed by atoms with E-state index in [1.165, 1.54) is 16.0 Å². The highest BCUT2D eigenvalue weighted by molar-refractivity contribution is 6.06. The first-order valence-electron chi connectivity index (χ1n) is 10.7. The zero-order chi connectivity index (χ0) is 21.3. The molecule has 7 heteroatoms. The number of imide groups is 1. The van der Waals surface area contributed by atoms with Gasteiger partial charge in [0.1, 0.15) is 12.4 Å². The molecule has 2 bridgehead atoms. The van der Waals surface area contributed by atoms with Gasteiger partial charge in [-0.3, -0.25) is 19.5 Å². The standard InChI is InChI=1S/C23H30N4O3/c1-14-10-15(2)12-18(11-14)30-9-7-26-23(24-3)25-6-8-27-21(28)19-16-4-5-17(13-16)20(19)22(27)29/h4-5,10-12,16-17,19-20H,6-9,13H2,1-3H3,(H2,24,25,26). The van der Waals surface area contributed by atoms with Crippen LogP contribution in [0.15, 0.2) is 35.3 Å². The van der Waals surface area contributed by atoms with Crippen LogP contribution in [0.25, 0.3) is 0 Å². The van der Waals surface area contributed by atoms with Crippen molar-refractivity contribution in [1.82, 2.24) is 15.5 Å². The molecule has 3 aliphatic rings. The van der Waals surface area contributed by atoms with Crippen molar-refractivity contribution in [2.24, 2.45) is 28.7 Å². The molecule has 1 aromatic carbocycles. The molecule has 160 valence electrons. The molecule has 1 aromatic rings. The maximum absolute atomic E-state index is 12.7. The van der Waals surface area contributed by atoms with Gasteiger partial charge in [-0.1, -0.05) is 18.2 Å². The fourth-order valence-electron chi connectivity index (χ4n) is 5.05. The Labute approximate surface area is 177 Å². The Kier molecular flexibility index (Phi) is 5.79. The maximum Gasteiger partial charge on any atom is 0.233 e. The van der Waals surface area contributed by atoms with E-state index in [0.717, 1.165) is 12.2 Å². The van der Waals surface area contributed by atoms with Crippen LogP contribution in [0.1, 0.15) is 17.5 Å². The van der Waals surface area contributed by atoms with Crippen LogP contribution < -0.4 is 15.4 Å². The van der Waals surface area contributed by atoms with Gasteiger partial charge in [0.05, 0.1) is 18.4 Å². The third-order valence-electron chi connectivity index (χ3n) is 6.27. The largest absolute Gasteiger partial charge is 0.492 e. The summed E-state index contributed by atoms with van der Waals surface area (Å²) in [6.45, 7) is 6.03. The number of guanidine groups is 1. The number of aliphatic imine (C=N–C) groups is 1. The van der Waals surface area contributed by atoms with Crippen LogP contribution in [-0.2, 0) is 9.59 Å². The lowest BCUT2D eigenvalue weighted by Crippen LogP contribution is -2.44. The molecule has 7 nitrogen and oxygen atoms in total. The van der Waals surface area contributed by atoms with Gasteiger partial charge in [-0.25, -0.2) is 0 Å². The number of likely N-dealkylation sites (tertiary alicyclic amines) is 1. The summed E-state index contributed by atoms with van der Waals surface area (Å²) < 4.78 is 5.80. The SMILES string of the molecule is CN=C(NCCOc1cc(C)cc(C)c1)NCCN1C(=O)C2C3C=CC(C3)C2C1=O. The zero-order valence-electron chi connectivity index (χ0n) is 17.9. The first kappa shape index (κ1) is 20.4. The number of carbonyl (C=O) groups is 2. The van der Waals surface area contributed by atoms with Crippen molar-refractivity contribution >= 4 is 17.8 Å². The second-order valence-electron chi connectivity index (χ2n) is 8.43. The number of carbonyl (C=O) groups excluding carboxylic acids is 2. The summed E-state index contributed by atoms with van der Waals surface area (Å²) in [6.07, 6.45) is 5.19. The van der Waals surface area contributed by atoms with Gasteiger partial charge in [0.15, 0.2) is 5.96 Å². The highest BCUT2D eigenvalue weighted by atomic mass is 16.5. The molecule has 4 atom stereocenters. The number of amides is 2. The molecular formula is C23H30N4O3. The summed E-state index contributed by atoms with van der Waals surface area (Å²) in [5.41, 5.74) is 2.35. The summed E-state index contributed by atoms with van der Waals surface area (Å²) >= 11 is 0. The van der Waals surface area contributed by atoms with Crippen molar-refractivity contribution < 1.29 is 14.3 Å². The van der Waals surface area contributed by atoms with Gasteiger partial charge in [-0.2, -0.15) is 0 Å². The summed E-state index contributed by atoms with van der Waals surface area (Å²) in [4.78, 5) is 31.0. The number of benzene rings is 1. The highest BCUT2D eigenvalue weighted by Crippen LogP contribution is 2.52. The average Bonchev–Trinajstić information content (AvgIpc) is 3.38. The van der Waals surface area contributed by atoms with Crippen LogP contribution in [0.4, 0.5) is 0 Å². The van der Waals surface area contributed by atoms with Gasteiger partial charge >= 0.3 is 0 Å². The van der Waals surface area contributed by atoms with Crippen molar-refractivity contribution in [3.63, 3.8) is 0 Å². The van der Waals surface area contributed by atoms with Gasteiger partial charge in [-0.15, -0.1) is 0 Å². The van der Waals surface area contributed by atoms with Crippen LogP contribution in [-0.4, -0.2) is 56.0 Å². The van der Waals surface area contributed by atoms with Crippen molar-refractivity contribution in [2.45, 2.75) is 20.3 Å². The molecule has 1 aliphatic heterocycles. The topological polar surface area (TPSA) is 83.0 Å². The van der Waals surface area contributed by atoms with E-state index in [-0.39, 0.29) is 35.5 Å². The first-order chi connectivity index (χ1) is 14.5. The lowest BCUT2D eigenvalue weighted by molar-refractivity contribution is -0.140. The molecule has 30 heavy (non-hydrogen) atoms. The molecule has 1 heterocycles. The van der Waals surface area contributed by atoms with Gasteiger partial charge < -0.3 is 15.4 Å². The quantitative estimate of drug-likeness (QED) is 0.235. The molecule has 1 saturated heterocycles. The minimum absolute atomic E-state index is 0.00607. The molecule has 4 unspecified atom stereocenters. The predicted octanol–water partition coefficient (Wildman–Crippen LogP) is 1.65. The fraction of sp³-hybridized carbons (Fsp3) is 0.522. The minimum Gasteiger partial charge on any atom is -0.492 e. The van der Waals surface area contributed by atoms with Crippen LogP contribution in [0.2, 0.25) is 0 Å². The lowest BCUT2D eigenvalue weighted by Gasteiger charge is -2.18. The molecule has 1 saturated carbocycles. The normalized spacial score (nSPS) is 27.0. The van der Waals surface area contributed by atoms with E-state index in [1.54, 1.807) is 7.05 Å². The molecule has 0 spiro atoms. The zero-order valence-corrected chi connectivity index (χ0v) is 17.9. The predicted molar refractivity (Wildman–Crippen MR) is 115 cm³/mol. The van der Waals surface area contributed by atoms with Crippen molar-refractivity contribution in [2.75, 3.05) is 33.3 Å². The summed E-state index contributed by atoms with van der Waals surface area (Å²) in [5, 5.41) is 6.38. The number of nitrogens with zero attached hydrogens (tertiary/aromatic N) is 2. The van der Waals surface area contributed by atoms with E-state index in [4.69, 9.17) is 4.74 Å². The molecule has 2 amide bonds. The number of aryl methyl sites for hydroxylation is 2. The average molecular weight is 411 g/mol. The number of ether oxygens (including phenoxy) is 1. The Morgan fingerprint density at radius 2 is 1.63 bits per heavy atom. The molecule has 2 N–H and O–H groups in total. The number of fused-ring (bicyclic) bond motifs is 5. The van der Waals surface area contributed by atoms with Crippen LogP contribution in [0.5, 0.6) is 5.75 Å². The Balaban J connectivity index is 1.19. The second kappa shape index (κ2) is 8.50. The van der Waals surface area contributed by atoms with Gasteiger partial charge in [-0.05, 0) is 55.4 Å². The van der Waals surface area contributed by atoms with Gasteiger partial charge in [0, 0.05) is 20.1 Å². The molecule has 0 aromatic heterocycles. The Morgan fingerprint density at radius 1 is 1.03 bits per heavy atom. The van der Waals surface area contributed by atoms with Crippen molar-refractivity contribution in [3.05, 3.63) is 41.5 Å². The first-order valence-corrected chi connectivity index (χ1v) is 10.7. The third-order valence-corrected chi connectivity index (χ3v) is 6.27. The summed E-state index contributed by atoms with van der Waals surface area (Å²) in [7, 11) is 1.69. The van der Waals surface area contributed by atoms with Crippen molar-refractivity contribution in [3.8, 4) is 5.75 Å². The van der Waals surface area contributed by atoms with E-state index in [0.29, 0.717) is 32.2 Å². The van der Waals surface area contributed by atoms with E-state index in [2.05, 4.69) is 33.8 Å². The van der Waals surface area contributed by atoms with E-state index < -0.39 is 0 Å². The Morgan fingerprint density at radius 3 is 2.23 bits per heavy atom. The third kappa shape index (κ3) is 3.93. The van der Waals surface area contributed by atoms with E-state index in [9.17, 15) is 9.59 Å². The number of hydrogen-bond donors (Lipinski definition) is 2. The molecule has 2 aliphatic carbocycles. The number of hydrogen-bond acceptors (Lipinski definition) is 4. The lowest BCUT2D eigenvalue weighted by atomic mass is 9.85. The molecule has 0 radical (unpaired) electrons. The Bertz CT molecular complexity index is 844. The number of nitrogens with one attached hydrogen (secondary N) is 2. The van der Waals surface area contributed by atoms with Gasteiger partial charge in [0.2, 0.25) is 11.8 Å². The van der Waals surface area contributed by atoms with Crippen LogP contribution >= 0.6 is 0 Å². The number of rotatable bonds is 7. The highest BCUT2D eigenvalue weighted by Gasteiger charge is 2.58. The molecule has 2 fully saturated rings. The van der Waals surface area contributed by atoms with Crippen LogP contribution in [0.3, 0.4) is 0 Å². The van der Waals surface area contributed by atoms with Gasteiger partial charge in [0.25, 0.3) is 0 Å². The summed E-state index contributed by atoms with van der Waals surface area (Å²) in [6, 6.07) is 6.14. The number of allylic oxidation sites excluding steroid dienone is 2. The second-order valence-corrected chi connectivity index (χ2v) is 8.43. The smallest absolute Gasteiger partial charge is 0.233 e. The maximum atomic E-state index is 12.7. The summed E-state index contributed by atoms with van der Waals surface area (Å²) in [5.74, 6) is 1.71. The fourth-order valence-corrected chi connectivity index (χ4v) is 5.05. The van der Waals surface area contributed by atoms with E-state index >= 15 is 0 Å². The van der Waals surface area contributed by atoms with Crippen molar-refractivity contribution in [1.29, 1.82) is 0 Å². The molecular weight excluding hydrogens is 380 g/mol. The van der Waals surface area contributed by atoms with Crippen LogP contribution in [0, 0.1) is 37.5 Å². The monoisotopic (exact) mass is 410 g/mol. The minimum atomic E-state index is -0.132. The molecule has 4 rings (SSSR count). The van der Waals surface area contributed by atoms with E-state index in [1.807, 2.05) is 26.0 Å².